The van der Waals surface area contributed by atoms with E-state index in [4.69, 9.17) is 18.3 Å². The van der Waals surface area contributed by atoms with Crippen molar-refractivity contribution in [2.24, 2.45) is 63.6 Å². The maximum absolute atomic E-state index is 14.4. The number of hydrogen-bond acceptors (Lipinski definition) is 10. The molecule has 0 aliphatic heterocycles. The van der Waals surface area contributed by atoms with Crippen LogP contribution in [-0.4, -0.2) is 84.4 Å². The van der Waals surface area contributed by atoms with Gasteiger partial charge >= 0.3 is 13.8 Å². The quantitative estimate of drug-likeness (QED) is 0.0732. The van der Waals surface area contributed by atoms with Gasteiger partial charge in [0.15, 0.2) is 0 Å². The lowest BCUT2D eigenvalue weighted by atomic mass is 9.43. The molecule has 3 N–H and O–H groups in total. The first-order valence-electron chi connectivity index (χ1n) is 27.5. The summed E-state index contributed by atoms with van der Waals surface area (Å²) in [6, 6.07) is 9.03. The first kappa shape index (κ1) is 53.5. The number of ketones is 1. The largest absolute Gasteiger partial charge is 0.481 e. The zero-order chi connectivity index (χ0) is 51.4. The first-order chi connectivity index (χ1) is 34.3. The number of aliphatic hydroxyl groups is 2. The van der Waals surface area contributed by atoms with E-state index < -0.39 is 37.0 Å². The van der Waals surface area contributed by atoms with Gasteiger partial charge in [0.1, 0.15) is 11.4 Å². The number of aliphatic hydroxyl groups excluding tert-OH is 1. The van der Waals surface area contributed by atoms with Crippen LogP contribution in [0.3, 0.4) is 0 Å². The normalized spacial score (nSPS) is 39.4. The number of carboxylic acids is 1. The zero-order valence-corrected chi connectivity index (χ0v) is 45.0. The summed E-state index contributed by atoms with van der Waals surface area (Å²) in [5.74, 6) is 7.44. The standard InChI is InChI=1S/C60H84NO10P/c1-9-26-60(66)28-25-49-46-19-15-40-33-43(62)18-20-45(40)55(46)47(37-58(49,60)6)39-13-16-42(17-14-39)61(8)29-32-68-44-24-27-57(5)41(34-44)35-52(71-72(67,69-30-10-2)70-31-11-3)56-50-22-21-48(38(4)12-23-54(64)65)59(50,7)53(63)36-51(56)57/h10-11,13-17,38,41,44,46-53,56,63,66H,2-3,12,18-25,27-37H2,1,4-8H3,(H,64,65)/t38-,41+,44+,46?,47-,48-,49?,50+,51+,52-,53+,56+,57+,58+,59-,60+/m1/s1. The summed E-state index contributed by atoms with van der Waals surface area (Å²) in [7, 11) is -1.92. The molecule has 0 spiro atoms. The number of benzene rings is 1. The third-order valence-electron chi connectivity index (χ3n) is 21.0. The minimum absolute atomic E-state index is 0.00919. The Kier molecular flexibility index (Phi) is 15.6. The molecular formula is C60H84NO10P. The second-order valence-corrected chi connectivity index (χ2v) is 25.9. The van der Waals surface area contributed by atoms with E-state index in [-0.39, 0.29) is 78.0 Å². The molecule has 16 atom stereocenters. The number of carbonyl (C=O) groups is 2. The van der Waals surface area contributed by atoms with Gasteiger partial charge in [0, 0.05) is 49.9 Å². The Labute approximate surface area is 430 Å². The number of aliphatic carboxylic acids is 1. The van der Waals surface area contributed by atoms with E-state index in [0.717, 1.165) is 63.5 Å². The second-order valence-electron chi connectivity index (χ2n) is 24.3. The number of ether oxygens (including phenoxy) is 1. The lowest BCUT2D eigenvalue weighted by Gasteiger charge is -2.64. The van der Waals surface area contributed by atoms with Gasteiger partial charge in [-0.05, 0) is 177 Å². The van der Waals surface area contributed by atoms with Crippen molar-refractivity contribution in [3.8, 4) is 11.8 Å². The number of anilines is 1. The number of hydrogen-bond donors (Lipinski definition) is 3. The number of Topliss-reactive ketones (excluding diaryl/α,β-unsaturated/α-hetero) is 1. The lowest BCUT2D eigenvalue weighted by molar-refractivity contribution is -0.207. The molecule has 9 rings (SSSR count). The summed E-state index contributed by atoms with van der Waals surface area (Å²) < 4.78 is 39.6. The molecular weight excluding hydrogens is 926 g/mol. The maximum Gasteiger partial charge on any atom is 0.475 e. The van der Waals surface area contributed by atoms with Gasteiger partial charge in [0.2, 0.25) is 0 Å². The Balaban J connectivity index is 0.896. The number of carboxylic acid groups (broad SMARTS) is 1. The predicted molar refractivity (Wildman–Crippen MR) is 281 cm³/mol. The van der Waals surface area contributed by atoms with Crippen molar-refractivity contribution in [2.75, 3.05) is 38.3 Å². The predicted octanol–water partition coefficient (Wildman–Crippen LogP) is 11.8. The average Bonchev–Trinajstić information content (AvgIpc) is 3.85. The summed E-state index contributed by atoms with van der Waals surface area (Å²) in [6.45, 7) is 19.7. The molecule has 1 aromatic carbocycles. The maximum atomic E-state index is 14.4. The van der Waals surface area contributed by atoms with E-state index in [1.165, 1.54) is 22.3 Å². The van der Waals surface area contributed by atoms with E-state index in [1.807, 2.05) is 6.92 Å². The van der Waals surface area contributed by atoms with Crippen LogP contribution in [-0.2, 0) is 32.5 Å². The zero-order valence-electron chi connectivity index (χ0n) is 44.1. The minimum atomic E-state index is -4.04. The van der Waals surface area contributed by atoms with Crippen LogP contribution >= 0.6 is 7.82 Å². The molecule has 1 aromatic rings. The van der Waals surface area contributed by atoms with Crippen molar-refractivity contribution in [3.63, 3.8) is 0 Å². The van der Waals surface area contributed by atoms with Gasteiger partial charge in [-0.15, -0.1) is 19.1 Å². The topological polar surface area (TPSA) is 152 Å². The van der Waals surface area contributed by atoms with Crippen LogP contribution in [0.15, 0.2) is 72.4 Å². The molecule has 7 fully saturated rings. The van der Waals surface area contributed by atoms with Crippen LogP contribution in [0.5, 0.6) is 0 Å². The number of likely N-dealkylation sites (N-methyl/N-ethyl adjacent to an activating group) is 1. The smallest absolute Gasteiger partial charge is 0.475 e. The molecule has 0 heterocycles. The third-order valence-corrected chi connectivity index (χ3v) is 22.4. The molecule has 72 heavy (non-hydrogen) atoms. The molecule has 0 saturated heterocycles. The van der Waals surface area contributed by atoms with Crippen LogP contribution in [0.1, 0.15) is 149 Å². The Morgan fingerprint density at radius 3 is 2.42 bits per heavy atom. The fraction of sp³-hybridized carbons (Fsp3) is 0.700. The molecule has 7 saturated carbocycles. The molecule has 0 radical (unpaired) electrons. The molecule has 2 unspecified atom stereocenters. The van der Waals surface area contributed by atoms with Crippen LogP contribution in [0.4, 0.5) is 5.69 Å². The van der Waals surface area contributed by atoms with Gasteiger partial charge in [-0.25, -0.2) is 4.57 Å². The highest BCUT2D eigenvalue weighted by molar-refractivity contribution is 7.48. The molecule has 0 bridgehead atoms. The number of phosphoric ester groups is 1. The fourth-order valence-electron chi connectivity index (χ4n) is 17.2. The number of fused-ring (bicyclic) bond motifs is 9. The number of rotatable bonds is 18. The Hall–Kier alpha value is -3.33. The fourth-order valence-corrected chi connectivity index (χ4v) is 18.5. The number of nitrogens with zero attached hydrogens (tertiary/aromatic N) is 1. The van der Waals surface area contributed by atoms with E-state index in [1.54, 1.807) is 12.2 Å². The Morgan fingerprint density at radius 2 is 1.72 bits per heavy atom. The van der Waals surface area contributed by atoms with Gasteiger partial charge in [-0.2, -0.15) is 0 Å². The third kappa shape index (κ3) is 9.53. The van der Waals surface area contributed by atoms with Crippen LogP contribution in [0.2, 0.25) is 0 Å². The van der Waals surface area contributed by atoms with Gasteiger partial charge in [0.25, 0.3) is 0 Å². The summed E-state index contributed by atoms with van der Waals surface area (Å²) >= 11 is 0. The number of phosphoric acid groups is 1. The Morgan fingerprint density at radius 1 is 0.986 bits per heavy atom. The van der Waals surface area contributed by atoms with Crippen molar-refractivity contribution >= 4 is 25.3 Å². The van der Waals surface area contributed by atoms with E-state index >= 15 is 0 Å². The van der Waals surface area contributed by atoms with Crippen LogP contribution in [0.25, 0.3) is 0 Å². The summed E-state index contributed by atoms with van der Waals surface area (Å²) in [5, 5.41) is 34.1. The first-order valence-corrected chi connectivity index (χ1v) is 29.0. The van der Waals surface area contributed by atoms with Crippen molar-refractivity contribution < 1.29 is 47.8 Å². The van der Waals surface area contributed by atoms with Gasteiger partial charge in [-0.3, -0.25) is 23.2 Å². The highest BCUT2D eigenvalue weighted by Gasteiger charge is 2.67. The van der Waals surface area contributed by atoms with Crippen molar-refractivity contribution in [1.82, 2.24) is 0 Å². The van der Waals surface area contributed by atoms with Crippen molar-refractivity contribution in [1.29, 1.82) is 0 Å². The van der Waals surface area contributed by atoms with E-state index in [0.29, 0.717) is 69.3 Å². The molecule has 8 aliphatic carbocycles. The van der Waals surface area contributed by atoms with Gasteiger partial charge < -0.3 is 25.0 Å². The van der Waals surface area contributed by atoms with Crippen LogP contribution < -0.4 is 4.90 Å². The second kappa shape index (κ2) is 21.0. The molecule has 394 valence electrons. The van der Waals surface area contributed by atoms with E-state index in [9.17, 15) is 29.5 Å². The molecule has 12 heteroatoms. The molecule has 11 nitrogen and oxygen atoms in total. The van der Waals surface area contributed by atoms with Gasteiger partial charge in [-0.1, -0.05) is 69.5 Å². The average molecular weight is 1010 g/mol. The number of carbonyl (C=O) groups excluding carboxylic acids is 1. The minimum Gasteiger partial charge on any atom is -0.481 e. The highest BCUT2D eigenvalue weighted by atomic mass is 31.2. The van der Waals surface area contributed by atoms with Gasteiger partial charge in [0.05, 0.1) is 38.1 Å². The molecule has 8 aliphatic rings. The summed E-state index contributed by atoms with van der Waals surface area (Å²) in [4.78, 5) is 26.5. The summed E-state index contributed by atoms with van der Waals surface area (Å²) in [6.07, 6.45) is 16.3. The van der Waals surface area contributed by atoms with Crippen LogP contribution in [0, 0.1) is 75.4 Å². The Bertz CT molecular complexity index is 2390. The number of allylic oxidation sites excluding steroid dienone is 4. The van der Waals surface area contributed by atoms with Crippen molar-refractivity contribution in [3.05, 3.63) is 77.9 Å². The molecule has 0 amide bonds. The van der Waals surface area contributed by atoms with Crippen molar-refractivity contribution in [2.45, 2.75) is 167 Å². The van der Waals surface area contributed by atoms with E-state index in [2.05, 4.69) is 95.0 Å². The monoisotopic (exact) mass is 1010 g/mol. The molecule has 0 aromatic heterocycles. The lowest BCUT2D eigenvalue weighted by Crippen LogP contribution is -2.62. The summed E-state index contributed by atoms with van der Waals surface area (Å²) in [5.41, 5.74) is 4.64. The highest BCUT2D eigenvalue weighted by Crippen LogP contribution is 2.71. The SMILES string of the molecule is C=CCOP(=O)(OCC=C)O[C@@H]1C[C@@H]2C[C@@H](OCCN(C)c3ccc([C@H]4C[C@@]5(C)C(CC[C@@]5(O)C#CC)C5CC=C6CC(=O)CCC6=C54)cc3)CC[C@]2(C)[C@H]2C[C@H](O)[C@]3(C)[C@@H]([C@H](C)CCC(=O)O)CC[C@H]3[C@H]12.